The molecule has 4 rings (SSSR count). The second kappa shape index (κ2) is 31.7. The highest BCUT2D eigenvalue weighted by Gasteiger charge is 2.21. The summed E-state index contributed by atoms with van der Waals surface area (Å²) in [5.41, 5.74) is 3.08. The molecule has 4 aromatic heterocycles. The van der Waals surface area contributed by atoms with Crippen molar-refractivity contribution in [1.29, 1.82) is 0 Å². The molecule has 0 amide bonds. The maximum absolute atomic E-state index is 5.31. The maximum Gasteiger partial charge on any atom is 0.155 e. The van der Waals surface area contributed by atoms with Crippen molar-refractivity contribution in [2.75, 3.05) is 0 Å². The van der Waals surface area contributed by atoms with Crippen molar-refractivity contribution in [1.82, 2.24) is 9.97 Å². The van der Waals surface area contributed by atoms with E-state index < -0.39 is 0 Å². The van der Waals surface area contributed by atoms with E-state index in [9.17, 15) is 0 Å². The first-order valence-electron chi connectivity index (χ1n) is 25.1. The van der Waals surface area contributed by atoms with Crippen LogP contribution in [0.3, 0.4) is 0 Å². The minimum Gasteiger partial charge on any atom is -0.222 e. The third kappa shape index (κ3) is 19.3. The summed E-state index contributed by atoms with van der Waals surface area (Å²) in [5, 5.41) is 7.05. The summed E-state index contributed by atoms with van der Waals surface area (Å²) in [6.45, 7) is 9.29. The molecule has 0 fully saturated rings. The van der Waals surface area contributed by atoms with Crippen molar-refractivity contribution in [2.45, 2.75) is 246 Å². The van der Waals surface area contributed by atoms with E-state index in [1.165, 1.54) is 249 Å². The zero-order valence-electron chi connectivity index (χ0n) is 38.0. The average molecular weight is 868 g/mol. The summed E-state index contributed by atoms with van der Waals surface area (Å²) in [6.07, 6.45) is 47.3. The molecule has 0 aliphatic rings. The van der Waals surface area contributed by atoms with Crippen LogP contribution in [0.4, 0.5) is 0 Å². The van der Waals surface area contributed by atoms with Gasteiger partial charge in [0.05, 0.1) is 9.75 Å². The van der Waals surface area contributed by atoms with Crippen molar-refractivity contribution >= 4 is 55.0 Å². The number of thiazole rings is 2. The van der Waals surface area contributed by atoms with Gasteiger partial charge in [-0.15, -0.1) is 22.7 Å². The van der Waals surface area contributed by atoms with Gasteiger partial charge in [-0.2, -0.15) is 0 Å². The summed E-state index contributed by atoms with van der Waals surface area (Å²) in [6, 6.07) is 4.84. The number of hydrogen-bond donors (Lipinski definition) is 0. The van der Waals surface area contributed by atoms with Gasteiger partial charge in [-0.1, -0.05) is 256 Å². The maximum atomic E-state index is 5.31. The van der Waals surface area contributed by atoms with Crippen LogP contribution in [-0.4, -0.2) is 9.97 Å². The number of rotatable bonds is 38. The lowest BCUT2D eigenvalue weighted by atomic mass is 9.89. The van der Waals surface area contributed by atoms with Crippen molar-refractivity contribution in [3.05, 3.63) is 34.0 Å². The van der Waals surface area contributed by atoms with Crippen molar-refractivity contribution < 1.29 is 0 Å². The van der Waals surface area contributed by atoms with Gasteiger partial charge >= 0.3 is 0 Å². The van der Waals surface area contributed by atoms with Crippen molar-refractivity contribution in [3.63, 3.8) is 0 Å². The third-order valence-electron chi connectivity index (χ3n) is 12.7. The fraction of sp³-hybridized carbons (Fsp3) is 0.769. The molecule has 328 valence electrons. The Balaban J connectivity index is 1.36. The standard InChI is InChI=1S/C52H86N2S4/c1-5-9-13-17-21-23-27-31-35-43(33-29-25-19-15-11-7-3)41-45-37-39-55-47(45)49-53-51-52(57-49)54-50(58-51)48-46(38-40-56-48)42-44(34-30-26-20-16-12-8-4)36-32-28-24-22-18-14-10-6-2/h37-40,43-44H,5-36,41-42H2,1-4H3. The van der Waals surface area contributed by atoms with Gasteiger partial charge in [0.2, 0.25) is 0 Å². The molecule has 0 aromatic carbocycles. The second-order valence-corrected chi connectivity index (χ2v) is 21.8. The Hall–Kier alpha value is -1.08. The van der Waals surface area contributed by atoms with Gasteiger partial charge in [-0.05, 0) is 58.7 Å². The van der Waals surface area contributed by atoms with E-state index in [4.69, 9.17) is 9.97 Å². The summed E-state index contributed by atoms with van der Waals surface area (Å²) in [7, 11) is 0. The smallest absolute Gasteiger partial charge is 0.155 e. The predicted octanol–water partition coefficient (Wildman–Crippen LogP) is 20.1. The fourth-order valence-corrected chi connectivity index (χ4v) is 13.3. The van der Waals surface area contributed by atoms with Crippen LogP contribution in [0.1, 0.15) is 244 Å². The molecule has 0 aliphatic heterocycles. The molecule has 0 N–H and O–H groups in total. The Bertz CT molecular complexity index is 1400. The molecule has 2 nitrogen and oxygen atoms in total. The molecule has 6 heteroatoms. The quantitative estimate of drug-likeness (QED) is 0.0420. The van der Waals surface area contributed by atoms with E-state index in [1.54, 1.807) is 0 Å². The minimum atomic E-state index is 0.795. The number of nitrogens with zero attached hydrogens (tertiary/aromatic N) is 2. The Morgan fingerprint density at radius 3 is 0.948 bits per heavy atom. The van der Waals surface area contributed by atoms with Gasteiger partial charge in [0.1, 0.15) is 10.0 Å². The SMILES string of the molecule is CCCCCCCCCCC(CCCCCCCC)Cc1ccsc1-c1nc2sc(-c3sccc3CC(CCCCCCCC)CCCCCCCCCC)nc2s1. The molecule has 0 saturated carbocycles. The van der Waals surface area contributed by atoms with E-state index in [0.717, 1.165) is 21.5 Å². The van der Waals surface area contributed by atoms with Gasteiger partial charge in [0.25, 0.3) is 0 Å². The van der Waals surface area contributed by atoms with Gasteiger partial charge in [-0.25, -0.2) is 9.97 Å². The summed E-state index contributed by atoms with van der Waals surface area (Å²) < 4.78 is 0. The highest BCUT2D eigenvalue weighted by molar-refractivity contribution is 7.31. The van der Waals surface area contributed by atoms with E-state index >= 15 is 0 Å². The van der Waals surface area contributed by atoms with Gasteiger partial charge < -0.3 is 0 Å². The van der Waals surface area contributed by atoms with Crippen LogP contribution in [0.25, 0.3) is 29.4 Å². The Morgan fingerprint density at radius 1 is 0.379 bits per heavy atom. The lowest BCUT2D eigenvalue weighted by Gasteiger charge is -2.17. The van der Waals surface area contributed by atoms with Crippen LogP contribution in [-0.2, 0) is 12.8 Å². The summed E-state index contributed by atoms with van der Waals surface area (Å²) >= 11 is 7.49. The lowest BCUT2D eigenvalue weighted by Crippen LogP contribution is -2.05. The Labute approximate surface area is 374 Å². The normalized spacial score (nSPS) is 13.0. The molecule has 2 unspecified atom stereocenters. The van der Waals surface area contributed by atoms with Crippen LogP contribution in [0.2, 0.25) is 0 Å². The first-order chi connectivity index (χ1) is 28.7. The Morgan fingerprint density at radius 2 is 0.655 bits per heavy atom. The molecule has 0 spiro atoms. The molecule has 0 saturated heterocycles. The van der Waals surface area contributed by atoms with Gasteiger partial charge in [-0.3, -0.25) is 0 Å². The molecular formula is C52H86N2S4. The van der Waals surface area contributed by atoms with Crippen molar-refractivity contribution in [3.8, 4) is 19.8 Å². The third-order valence-corrected chi connectivity index (χ3v) is 17.0. The average Bonchev–Trinajstić information content (AvgIpc) is 4.04. The van der Waals surface area contributed by atoms with Crippen LogP contribution in [0, 0.1) is 11.8 Å². The van der Waals surface area contributed by atoms with E-state index in [0.29, 0.717) is 0 Å². The number of unbranched alkanes of at least 4 members (excludes halogenated alkanes) is 24. The zero-order valence-corrected chi connectivity index (χ0v) is 41.3. The number of thiophene rings is 2. The summed E-state index contributed by atoms with van der Waals surface area (Å²) in [4.78, 5) is 15.7. The molecular weight excluding hydrogens is 781 g/mol. The predicted molar refractivity (Wildman–Crippen MR) is 267 cm³/mol. The fourth-order valence-electron chi connectivity index (χ4n) is 9.08. The van der Waals surface area contributed by atoms with Crippen LogP contribution in [0.15, 0.2) is 22.9 Å². The minimum absolute atomic E-state index is 0.795. The molecule has 4 aromatic rings. The van der Waals surface area contributed by atoms with Crippen LogP contribution >= 0.6 is 45.3 Å². The number of fused-ring (bicyclic) bond motifs is 1. The van der Waals surface area contributed by atoms with E-state index in [1.807, 2.05) is 45.3 Å². The first-order valence-corrected chi connectivity index (χ1v) is 28.5. The largest absolute Gasteiger partial charge is 0.222 e. The molecule has 0 radical (unpaired) electrons. The molecule has 2 atom stereocenters. The van der Waals surface area contributed by atoms with Crippen LogP contribution in [0.5, 0.6) is 0 Å². The lowest BCUT2D eigenvalue weighted by molar-refractivity contribution is 0.401. The monoisotopic (exact) mass is 867 g/mol. The summed E-state index contributed by atoms with van der Waals surface area (Å²) in [5.74, 6) is 1.59. The van der Waals surface area contributed by atoms with Gasteiger partial charge in [0.15, 0.2) is 9.66 Å². The molecule has 4 heterocycles. The van der Waals surface area contributed by atoms with Gasteiger partial charge in [0, 0.05) is 0 Å². The number of hydrogen-bond acceptors (Lipinski definition) is 6. The topological polar surface area (TPSA) is 25.8 Å². The second-order valence-electron chi connectivity index (χ2n) is 18.0. The highest BCUT2D eigenvalue weighted by atomic mass is 32.1. The van der Waals surface area contributed by atoms with Crippen molar-refractivity contribution in [2.24, 2.45) is 11.8 Å². The molecule has 0 aliphatic carbocycles. The zero-order chi connectivity index (χ0) is 40.9. The molecule has 58 heavy (non-hydrogen) atoms. The Kier molecular flexibility index (Phi) is 27.1. The highest BCUT2D eigenvalue weighted by Crippen LogP contribution is 2.43. The van der Waals surface area contributed by atoms with Crippen LogP contribution < -0.4 is 0 Å². The van der Waals surface area contributed by atoms with E-state index in [-0.39, 0.29) is 0 Å². The van der Waals surface area contributed by atoms with E-state index in [2.05, 4.69) is 50.6 Å². The number of aromatic nitrogens is 2. The first kappa shape index (κ1) is 49.6. The molecule has 0 bridgehead atoms.